The summed E-state index contributed by atoms with van der Waals surface area (Å²) in [6.07, 6.45) is -0.269. The van der Waals surface area contributed by atoms with Crippen molar-refractivity contribution >= 4 is 23.5 Å². The molecule has 20 heavy (non-hydrogen) atoms. The van der Waals surface area contributed by atoms with Crippen molar-refractivity contribution in [2.45, 2.75) is 12.5 Å². The molecule has 0 bridgehead atoms. The van der Waals surface area contributed by atoms with Gasteiger partial charge in [0.15, 0.2) is 6.04 Å². The standard InChI is InChI=1S/C13H13ClFNO4/c14-9-2-1-3-10(15)8(9)6-12(17)16-4-5-20-7-11(16)13(18)19/h1-3,11H,4-7H2,(H,18,19)/t11-/m0/s1. The zero-order chi connectivity index (χ0) is 14.7. The van der Waals surface area contributed by atoms with Gasteiger partial charge in [0.05, 0.1) is 19.6 Å². The van der Waals surface area contributed by atoms with Crippen LogP contribution in [0.4, 0.5) is 4.39 Å². The Labute approximate surface area is 119 Å². The molecule has 7 heteroatoms. The summed E-state index contributed by atoms with van der Waals surface area (Å²) in [5.74, 6) is -2.20. The van der Waals surface area contributed by atoms with E-state index in [0.717, 1.165) is 0 Å². The van der Waals surface area contributed by atoms with E-state index < -0.39 is 23.7 Å². The van der Waals surface area contributed by atoms with Crippen LogP contribution in [-0.2, 0) is 20.7 Å². The van der Waals surface area contributed by atoms with Crippen LogP contribution in [0, 0.1) is 5.82 Å². The Kier molecular flexibility index (Phi) is 4.57. The molecule has 1 amide bonds. The number of carboxylic acids is 1. The van der Waals surface area contributed by atoms with Crippen LogP contribution in [0.3, 0.4) is 0 Å². The average molecular weight is 302 g/mol. The van der Waals surface area contributed by atoms with Gasteiger partial charge in [-0.1, -0.05) is 17.7 Å². The molecule has 2 rings (SSSR count). The van der Waals surface area contributed by atoms with Gasteiger partial charge >= 0.3 is 5.97 Å². The second-order valence-corrected chi connectivity index (χ2v) is 4.80. The Morgan fingerprint density at radius 1 is 1.50 bits per heavy atom. The van der Waals surface area contributed by atoms with Gasteiger partial charge in [-0.3, -0.25) is 4.79 Å². The molecule has 0 aromatic heterocycles. The lowest BCUT2D eigenvalue weighted by Crippen LogP contribution is -2.53. The van der Waals surface area contributed by atoms with E-state index in [1.54, 1.807) is 0 Å². The molecule has 108 valence electrons. The van der Waals surface area contributed by atoms with Crippen LogP contribution in [-0.4, -0.2) is 47.7 Å². The number of ether oxygens (including phenoxy) is 1. The van der Waals surface area contributed by atoms with Gasteiger partial charge in [0.25, 0.3) is 0 Å². The number of amides is 1. The number of nitrogens with zero attached hydrogens (tertiary/aromatic N) is 1. The third kappa shape index (κ3) is 3.08. The molecule has 1 fully saturated rings. The van der Waals surface area contributed by atoms with Crippen molar-refractivity contribution in [2.75, 3.05) is 19.8 Å². The molecule has 1 N–H and O–H groups in total. The minimum absolute atomic E-state index is 0.0634. The fourth-order valence-electron chi connectivity index (χ4n) is 2.06. The Hall–Kier alpha value is -1.66. The van der Waals surface area contributed by atoms with E-state index in [4.69, 9.17) is 21.4 Å². The molecule has 1 saturated heterocycles. The summed E-state index contributed by atoms with van der Waals surface area (Å²) in [7, 11) is 0. The summed E-state index contributed by atoms with van der Waals surface area (Å²) in [5, 5.41) is 9.21. The zero-order valence-electron chi connectivity index (χ0n) is 10.5. The van der Waals surface area contributed by atoms with Crippen LogP contribution < -0.4 is 0 Å². The van der Waals surface area contributed by atoms with Crippen molar-refractivity contribution < 1.29 is 23.8 Å². The highest BCUT2D eigenvalue weighted by Gasteiger charge is 2.33. The van der Waals surface area contributed by atoms with Gasteiger partial charge in [0, 0.05) is 17.1 Å². The Balaban J connectivity index is 2.16. The van der Waals surface area contributed by atoms with Crippen molar-refractivity contribution in [3.05, 3.63) is 34.6 Å². The number of carboxylic acid groups (broad SMARTS) is 1. The van der Waals surface area contributed by atoms with E-state index in [-0.39, 0.29) is 36.8 Å². The third-order valence-electron chi connectivity index (χ3n) is 3.12. The summed E-state index contributed by atoms with van der Waals surface area (Å²) in [6, 6.07) is 3.10. The van der Waals surface area contributed by atoms with E-state index in [1.807, 2.05) is 0 Å². The van der Waals surface area contributed by atoms with Crippen molar-refractivity contribution in [3.8, 4) is 0 Å². The molecule has 0 radical (unpaired) electrons. The number of morpholine rings is 1. The first-order valence-corrected chi connectivity index (χ1v) is 6.41. The minimum atomic E-state index is -1.14. The molecular formula is C13H13ClFNO4. The molecule has 1 aromatic rings. The van der Waals surface area contributed by atoms with Crippen LogP contribution in [0.2, 0.25) is 5.02 Å². The van der Waals surface area contributed by atoms with Crippen molar-refractivity contribution in [2.24, 2.45) is 0 Å². The summed E-state index contributed by atoms with van der Waals surface area (Å²) >= 11 is 5.86. The fraction of sp³-hybridized carbons (Fsp3) is 0.385. The zero-order valence-corrected chi connectivity index (χ0v) is 11.3. The van der Waals surface area contributed by atoms with E-state index in [9.17, 15) is 14.0 Å². The topological polar surface area (TPSA) is 66.8 Å². The first-order valence-electron chi connectivity index (χ1n) is 6.03. The number of aliphatic carboxylic acids is 1. The highest BCUT2D eigenvalue weighted by atomic mass is 35.5. The number of hydrogen-bond donors (Lipinski definition) is 1. The molecule has 5 nitrogen and oxygen atoms in total. The summed E-state index contributed by atoms with van der Waals surface area (Å²) in [4.78, 5) is 24.4. The SMILES string of the molecule is O=C(O)[C@@H]1COCCN1C(=O)Cc1c(F)cccc1Cl. The molecule has 1 heterocycles. The maximum absolute atomic E-state index is 13.6. The largest absolute Gasteiger partial charge is 0.480 e. The van der Waals surface area contributed by atoms with Gasteiger partial charge in [0.2, 0.25) is 5.91 Å². The molecular weight excluding hydrogens is 289 g/mol. The highest BCUT2D eigenvalue weighted by Crippen LogP contribution is 2.21. The molecule has 0 saturated carbocycles. The number of carbonyl (C=O) groups is 2. The number of rotatable bonds is 3. The predicted octanol–water partition coefficient (Wildman–Crippen LogP) is 1.33. The van der Waals surface area contributed by atoms with Crippen LogP contribution in [0.1, 0.15) is 5.56 Å². The monoisotopic (exact) mass is 301 g/mol. The summed E-state index contributed by atoms with van der Waals surface area (Å²) in [6.45, 7) is 0.370. The molecule has 1 aliphatic heterocycles. The maximum Gasteiger partial charge on any atom is 0.328 e. The molecule has 0 unspecified atom stereocenters. The van der Waals surface area contributed by atoms with Gasteiger partial charge in [0.1, 0.15) is 5.82 Å². The predicted molar refractivity (Wildman–Crippen MR) is 69.1 cm³/mol. The van der Waals surface area contributed by atoms with Crippen molar-refractivity contribution in [1.29, 1.82) is 0 Å². The van der Waals surface area contributed by atoms with Crippen LogP contribution in [0.5, 0.6) is 0 Å². The highest BCUT2D eigenvalue weighted by molar-refractivity contribution is 6.31. The normalized spacial score (nSPS) is 18.9. The quantitative estimate of drug-likeness (QED) is 0.915. The van der Waals surface area contributed by atoms with Gasteiger partial charge in [-0.2, -0.15) is 0 Å². The lowest BCUT2D eigenvalue weighted by Gasteiger charge is -2.33. The van der Waals surface area contributed by atoms with Gasteiger partial charge in [-0.05, 0) is 12.1 Å². The number of benzene rings is 1. The molecule has 1 aromatic carbocycles. The summed E-state index contributed by atoms with van der Waals surface area (Å²) < 4.78 is 18.7. The molecule has 0 aliphatic carbocycles. The van der Waals surface area contributed by atoms with Crippen LogP contribution >= 0.6 is 11.6 Å². The minimum Gasteiger partial charge on any atom is -0.480 e. The summed E-state index contributed by atoms with van der Waals surface area (Å²) in [5.41, 5.74) is 0.0785. The van der Waals surface area contributed by atoms with Gasteiger partial charge in [-0.25, -0.2) is 9.18 Å². The first kappa shape index (κ1) is 14.7. The average Bonchev–Trinajstić information content (AvgIpc) is 2.43. The maximum atomic E-state index is 13.6. The number of halogens is 2. The Morgan fingerprint density at radius 2 is 2.25 bits per heavy atom. The third-order valence-corrected chi connectivity index (χ3v) is 3.48. The second kappa shape index (κ2) is 6.19. The van der Waals surface area contributed by atoms with Crippen LogP contribution in [0.15, 0.2) is 18.2 Å². The first-order chi connectivity index (χ1) is 9.50. The molecule has 1 atom stereocenters. The van der Waals surface area contributed by atoms with E-state index in [0.29, 0.717) is 0 Å². The van der Waals surface area contributed by atoms with E-state index in [2.05, 4.69) is 0 Å². The van der Waals surface area contributed by atoms with Gasteiger partial charge in [-0.15, -0.1) is 0 Å². The fourth-order valence-corrected chi connectivity index (χ4v) is 2.29. The lowest BCUT2D eigenvalue weighted by atomic mass is 10.1. The second-order valence-electron chi connectivity index (χ2n) is 4.39. The van der Waals surface area contributed by atoms with E-state index >= 15 is 0 Å². The molecule has 0 spiro atoms. The smallest absolute Gasteiger partial charge is 0.328 e. The number of carbonyl (C=O) groups excluding carboxylic acids is 1. The van der Waals surface area contributed by atoms with E-state index in [1.165, 1.54) is 23.1 Å². The number of hydrogen-bond acceptors (Lipinski definition) is 3. The van der Waals surface area contributed by atoms with Crippen molar-refractivity contribution in [3.63, 3.8) is 0 Å². The Morgan fingerprint density at radius 3 is 2.90 bits per heavy atom. The molecule has 1 aliphatic rings. The lowest BCUT2D eigenvalue weighted by molar-refractivity contribution is -0.158. The van der Waals surface area contributed by atoms with Crippen molar-refractivity contribution in [1.82, 2.24) is 4.90 Å². The Bertz CT molecular complexity index is 517. The van der Waals surface area contributed by atoms with Crippen LogP contribution in [0.25, 0.3) is 0 Å². The van der Waals surface area contributed by atoms with Gasteiger partial charge < -0.3 is 14.7 Å².